The van der Waals surface area contributed by atoms with Gasteiger partial charge in [-0.1, -0.05) is 0 Å². The summed E-state index contributed by atoms with van der Waals surface area (Å²) in [6.45, 7) is 0.968. The van der Waals surface area contributed by atoms with Crippen LogP contribution in [0.1, 0.15) is 32.1 Å². The van der Waals surface area contributed by atoms with Crippen molar-refractivity contribution in [2.75, 3.05) is 13.1 Å². The average Bonchev–Trinajstić information content (AvgIpc) is 2.92. The van der Waals surface area contributed by atoms with Crippen molar-refractivity contribution in [1.82, 2.24) is 4.90 Å². The molecule has 0 aromatic heterocycles. The molecule has 1 saturated carbocycles. The molecular formula is C10H16N2O2. The van der Waals surface area contributed by atoms with Crippen LogP contribution in [-0.4, -0.2) is 35.1 Å². The fraction of sp³-hybridized carbons (Fsp3) is 0.800. The maximum absolute atomic E-state index is 10.5. The minimum Gasteiger partial charge on any atom is -0.480 e. The normalized spacial score (nSPS) is 15.4. The van der Waals surface area contributed by atoms with E-state index < -0.39 is 5.97 Å². The molecule has 0 aromatic carbocycles. The first-order valence-corrected chi connectivity index (χ1v) is 5.07. The van der Waals surface area contributed by atoms with Gasteiger partial charge in [0.25, 0.3) is 0 Å². The van der Waals surface area contributed by atoms with Crippen molar-refractivity contribution in [2.45, 2.75) is 38.1 Å². The van der Waals surface area contributed by atoms with Crippen molar-refractivity contribution in [3.63, 3.8) is 0 Å². The first kappa shape index (κ1) is 11.0. The van der Waals surface area contributed by atoms with E-state index in [0.717, 1.165) is 32.2 Å². The largest absolute Gasteiger partial charge is 0.480 e. The number of rotatable bonds is 7. The topological polar surface area (TPSA) is 64.3 Å². The van der Waals surface area contributed by atoms with E-state index in [0.29, 0.717) is 12.5 Å². The number of carboxylic acid groups (broad SMARTS) is 1. The molecule has 1 fully saturated rings. The summed E-state index contributed by atoms with van der Waals surface area (Å²) in [6, 6.07) is 2.59. The van der Waals surface area contributed by atoms with Gasteiger partial charge in [0.05, 0.1) is 12.6 Å². The number of carboxylic acids is 1. The summed E-state index contributed by atoms with van der Waals surface area (Å²) in [4.78, 5) is 12.6. The molecule has 0 aliphatic heterocycles. The molecule has 0 spiro atoms. The Morgan fingerprint density at radius 2 is 2.21 bits per heavy atom. The molecular weight excluding hydrogens is 180 g/mol. The summed E-state index contributed by atoms with van der Waals surface area (Å²) in [5.41, 5.74) is 0. The van der Waals surface area contributed by atoms with Crippen molar-refractivity contribution in [2.24, 2.45) is 0 Å². The molecule has 0 radical (unpaired) electrons. The van der Waals surface area contributed by atoms with Gasteiger partial charge in [-0.15, -0.1) is 0 Å². The number of aliphatic carboxylic acids is 1. The molecule has 1 N–H and O–H groups in total. The lowest BCUT2D eigenvalue weighted by Gasteiger charge is -2.18. The molecule has 4 heteroatoms. The van der Waals surface area contributed by atoms with Crippen molar-refractivity contribution in [3.8, 4) is 6.07 Å². The van der Waals surface area contributed by atoms with Crippen molar-refractivity contribution in [1.29, 1.82) is 5.26 Å². The zero-order valence-electron chi connectivity index (χ0n) is 8.28. The molecule has 0 atom stereocenters. The molecule has 1 rings (SSSR count). The van der Waals surface area contributed by atoms with Crippen molar-refractivity contribution < 1.29 is 9.90 Å². The molecule has 0 saturated heterocycles. The number of carbonyl (C=O) groups is 1. The zero-order chi connectivity index (χ0) is 10.4. The Hall–Kier alpha value is -1.08. The third-order valence-corrected chi connectivity index (χ3v) is 2.39. The van der Waals surface area contributed by atoms with Crippen LogP contribution in [0.15, 0.2) is 0 Å². The van der Waals surface area contributed by atoms with Crippen LogP contribution >= 0.6 is 0 Å². The van der Waals surface area contributed by atoms with Gasteiger partial charge in [0.1, 0.15) is 0 Å². The minimum atomic E-state index is -0.753. The molecule has 0 unspecified atom stereocenters. The first-order chi connectivity index (χ1) is 6.74. The third-order valence-electron chi connectivity index (χ3n) is 2.39. The van der Waals surface area contributed by atoms with E-state index in [4.69, 9.17) is 10.4 Å². The molecule has 0 bridgehead atoms. The predicted molar refractivity (Wildman–Crippen MR) is 51.7 cm³/mol. The van der Waals surface area contributed by atoms with E-state index in [-0.39, 0.29) is 6.54 Å². The lowest BCUT2D eigenvalue weighted by atomic mass is 10.2. The van der Waals surface area contributed by atoms with E-state index in [1.54, 1.807) is 0 Å². The summed E-state index contributed by atoms with van der Waals surface area (Å²) < 4.78 is 0. The lowest BCUT2D eigenvalue weighted by molar-refractivity contribution is -0.138. The molecule has 1 aliphatic carbocycles. The summed E-state index contributed by atoms with van der Waals surface area (Å²) in [7, 11) is 0. The van der Waals surface area contributed by atoms with E-state index in [2.05, 4.69) is 6.07 Å². The van der Waals surface area contributed by atoms with Crippen LogP contribution in [0.3, 0.4) is 0 Å². The number of hydrogen-bond donors (Lipinski definition) is 1. The third kappa shape index (κ3) is 4.24. The molecule has 0 aromatic rings. The fourth-order valence-electron chi connectivity index (χ4n) is 1.52. The molecule has 14 heavy (non-hydrogen) atoms. The molecule has 0 amide bonds. The number of hydrogen-bond acceptors (Lipinski definition) is 3. The Balaban J connectivity index is 2.15. The Morgan fingerprint density at radius 1 is 1.50 bits per heavy atom. The number of unbranched alkanes of at least 4 members (excludes halogenated alkanes) is 2. The monoisotopic (exact) mass is 196 g/mol. The van der Waals surface area contributed by atoms with Gasteiger partial charge in [-0.05, 0) is 32.2 Å². The Kier molecular flexibility index (Phi) is 4.41. The van der Waals surface area contributed by atoms with Crippen LogP contribution in [-0.2, 0) is 4.79 Å². The smallest absolute Gasteiger partial charge is 0.317 e. The van der Waals surface area contributed by atoms with Crippen LogP contribution in [0.5, 0.6) is 0 Å². The quantitative estimate of drug-likeness (QED) is 0.622. The van der Waals surface area contributed by atoms with Gasteiger partial charge in [-0.25, -0.2) is 0 Å². The average molecular weight is 196 g/mol. The maximum Gasteiger partial charge on any atom is 0.317 e. The standard InChI is InChI=1S/C10H16N2O2/c11-6-2-1-3-7-12(8-10(13)14)9-4-5-9/h9H,1-5,7-8H2,(H,13,14). The molecule has 78 valence electrons. The summed E-state index contributed by atoms with van der Waals surface area (Å²) in [5.74, 6) is -0.753. The highest BCUT2D eigenvalue weighted by atomic mass is 16.4. The Labute approximate surface area is 84.1 Å². The maximum atomic E-state index is 10.5. The van der Waals surface area contributed by atoms with Crippen LogP contribution in [0.25, 0.3) is 0 Å². The second-order valence-electron chi connectivity index (χ2n) is 3.71. The highest BCUT2D eigenvalue weighted by molar-refractivity contribution is 5.69. The summed E-state index contributed by atoms with van der Waals surface area (Å²) in [5, 5.41) is 17.0. The number of nitriles is 1. The second kappa shape index (κ2) is 5.61. The predicted octanol–water partition coefficient (Wildman–Crippen LogP) is 1.23. The SMILES string of the molecule is N#CCCCCN(CC(=O)O)C1CC1. The highest BCUT2D eigenvalue weighted by Crippen LogP contribution is 2.26. The Bertz CT molecular complexity index is 231. The summed E-state index contributed by atoms with van der Waals surface area (Å²) in [6.07, 6.45) is 4.64. The van der Waals surface area contributed by atoms with Crippen molar-refractivity contribution in [3.05, 3.63) is 0 Å². The van der Waals surface area contributed by atoms with Gasteiger partial charge in [-0.2, -0.15) is 5.26 Å². The van der Waals surface area contributed by atoms with Crippen molar-refractivity contribution >= 4 is 5.97 Å². The van der Waals surface area contributed by atoms with E-state index in [1.807, 2.05) is 4.90 Å². The van der Waals surface area contributed by atoms with Gasteiger partial charge in [0, 0.05) is 12.5 Å². The second-order valence-corrected chi connectivity index (χ2v) is 3.71. The summed E-state index contributed by atoms with van der Waals surface area (Å²) >= 11 is 0. The first-order valence-electron chi connectivity index (χ1n) is 5.07. The number of nitrogens with zero attached hydrogens (tertiary/aromatic N) is 2. The zero-order valence-corrected chi connectivity index (χ0v) is 8.28. The van der Waals surface area contributed by atoms with Crippen LogP contribution in [0.4, 0.5) is 0 Å². The van der Waals surface area contributed by atoms with E-state index >= 15 is 0 Å². The molecule has 0 heterocycles. The Morgan fingerprint density at radius 3 is 2.71 bits per heavy atom. The van der Waals surface area contributed by atoms with E-state index in [1.165, 1.54) is 0 Å². The van der Waals surface area contributed by atoms with Gasteiger partial charge in [0.15, 0.2) is 0 Å². The lowest BCUT2D eigenvalue weighted by Crippen LogP contribution is -2.32. The highest BCUT2D eigenvalue weighted by Gasteiger charge is 2.29. The van der Waals surface area contributed by atoms with Crippen LogP contribution in [0, 0.1) is 11.3 Å². The van der Waals surface area contributed by atoms with Gasteiger partial charge >= 0.3 is 5.97 Å². The minimum absolute atomic E-state index is 0.150. The molecule has 4 nitrogen and oxygen atoms in total. The van der Waals surface area contributed by atoms with Gasteiger partial charge < -0.3 is 5.11 Å². The fourth-order valence-corrected chi connectivity index (χ4v) is 1.52. The van der Waals surface area contributed by atoms with Gasteiger partial charge in [0.2, 0.25) is 0 Å². The molecule has 1 aliphatic rings. The van der Waals surface area contributed by atoms with Crippen LogP contribution < -0.4 is 0 Å². The van der Waals surface area contributed by atoms with Crippen LogP contribution in [0.2, 0.25) is 0 Å². The van der Waals surface area contributed by atoms with E-state index in [9.17, 15) is 4.79 Å². The van der Waals surface area contributed by atoms with Gasteiger partial charge in [-0.3, -0.25) is 9.69 Å².